The van der Waals surface area contributed by atoms with Gasteiger partial charge in [-0.25, -0.2) is 23.1 Å². The zero-order chi connectivity index (χ0) is 19.4. The number of aromatic nitrogens is 2. The Morgan fingerprint density at radius 2 is 1.85 bits per heavy atom. The molecule has 0 unspecified atom stereocenters. The number of sulfonamides is 1. The number of para-hydroxylation sites is 2. The van der Waals surface area contributed by atoms with E-state index in [1.807, 2.05) is 24.3 Å². The molecule has 0 aliphatic rings. The van der Waals surface area contributed by atoms with Gasteiger partial charge in [-0.15, -0.1) is 0 Å². The minimum Gasteiger partial charge on any atom is -0.267 e. The van der Waals surface area contributed by atoms with Gasteiger partial charge in [0, 0.05) is 19.7 Å². The van der Waals surface area contributed by atoms with Crippen LogP contribution < -0.4 is 5.43 Å². The lowest BCUT2D eigenvalue weighted by molar-refractivity contribution is 0.0955. The van der Waals surface area contributed by atoms with Gasteiger partial charge in [0.25, 0.3) is 5.91 Å². The van der Waals surface area contributed by atoms with E-state index in [1.165, 1.54) is 44.6 Å². The van der Waals surface area contributed by atoms with Gasteiger partial charge in [-0.1, -0.05) is 18.2 Å². The van der Waals surface area contributed by atoms with Gasteiger partial charge in [-0.3, -0.25) is 9.78 Å². The summed E-state index contributed by atoms with van der Waals surface area (Å²) in [7, 11) is -0.765. The van der Waals surface area contributed by atoms with Crippen molar-refractivity contribution in [2.45, 2.75) is 4.90 Å². The molecule has 9 heteroatoms. The predicted octanol–water partition coefficient (Wildman–Crippen LogP) is 1.64. The number of fused-ring (bicyclic) bond motifs is 1. The van der Waals surface area contributed by atoms with Crippen molar-refractivity contribution in [3.63, 3.8) is 0 Å². The third kappa shape index (κ3) is 4.15. The van der Waals surface area contributed by atoms with Crippen LogP contribution in [0.5, 0.6) is 0 Å². The Labute approximate surface area is 156 Å². The van der Waals surface area contributed by atoms with Gasteiger partial charge < -0.3 is 0 Å². The van der Waals surface area contributed by atoms with Crippen LogP contribution in [0.25, 0.3) is 11.0 Å². The third-order valence-corrected chi connectivity index (χ3v) is 5.52. The molecule has 0 fully saturated rings. The molecule has 3 rings (SSSR count). The highest BCUT2D eigenvalue weighted by molar-refractivity contribution is 7.89. The second kappa shape index (κ2) is 7.60. The molecule has 0 bridgehead atoms. The summed E-state index contributed by atoms with van der Waals surface area (Å²) in [6.45, 7) is 0. The third-order valence-electron chi connectivity index (χ3n) is 3.70. The van der Waals surface area contributed by atoms with E-state index in [0.29, 0.717) is 5.69 Å². The van der Waals surface area contributed by atoms with Gasteiger partial charge in [0.15, 0.2) is 0 Å². The van der Waals surface area contributed by atoms with E-state index >= 15 is 0 Å². The summed E-state index contributed by atoms with van der Waals surface area (Å²) in [6, 6.07) is 13.1. The van der Waals surface area contributed by atoms with Crippen molar-refractivity contribution in [3.8, 4) is 0 Å². The smallest absolute Gasteiger partial charge is 0.267 e. The summed E-state index contributed by atoms with van der Waals surface area (Å²) in [5, 5.41) is 3.86. The standard InChI is InChI=1S/C18H17N5O3S/c1-23(2)27(25,26)15-7-5-6-13(10-15)18(24)22-20-12-14-11-19-16-8-3-4-9-17(16)21-14/h3-12H,1-2H3,(H,22,24)/b20-12-. The number of hydrogen-bond donors (Lipinski definition) is 1. The molecule has 1 aromatic heterocycles. The minimum atomic E-state index is -3.62. The summed E-state index contributed by atoms with van der Waals surface area (Å²) in [5.74, 6) is -0.532. The lowest BCUT2D eigenvalue weighted by Gasteiger charge is -2.11. The molecule has 0 spiro atoms. The first-order valence-corrected chi connectivity index (χ1v) is 9.40. The van der Waals surface area contributed by atoms with Gasteiger partial charge in [0.05, 0.1) is 28.3 Å². The van der Waals surface area contributed by atoms with E-state index < -0.39 is 15.9 Å². The van der Waals surface area contributed by atoms with Crippen LogP contribution >= 0.6 is 0 Å². The van der Waals surface area contributed by atoms with Gasteiger partial charge >= 0.3 is 0 Å². The van der Waals surface area contributed by atoms with E-state index in [9.17, 15) is 13.2 Å². The fourth-order valence-corrected chi connectivity index (χ4v) is 3.21. The SMILES string of the molecule is CN(C)S(=O)(=O)c1cccc(C(=O)N/N=C\c2cnc3ccccc3n2)c1. The largest absolute Gasteiger partial charge is 0.271 e. The maximum atomic E-state index is 12.2. The lowest BCUT2D eigenvalue weighted by Crippen LogP contribution is -2.23. The number of nitrogens with one attached hydrogen (secondary N) is 1. The number of hydrazone groups is 1. The zero-order valence-electron chi connectivity index (χ0n) is 14.7. The van der Waals surface area contributed by atoms with Crippen molar-refractivity contribution in [2.24, 2.45) is 5.10 Å². The Balaban J connectivity index is 1.74. The Hall–Kier alpha value is -3.17. The van der Waals surface area contributed by atoms with Crippen molar-refractivity contribution in [2.75, 3.05) is 14.1 Å². The van der Waals surface area contributed by atoms with Gasteiger partial charge in [-0.05, 0) is 30.3 Å². The Morgan fingerprint density at radius 3 is 2.59 bits per heavy atom. The molecule has 0 saturated carbocycles. The maximum absolute atomic E-state index is 12.2. The van der Waals surface area contributed by atoms with Crippen molar-refractivity contribution in [3.05, 3.63) is 66.0 Å². The van der Waals surface area contributed by atoms with Crippen molar-refractivity contribution in [1.29, 1.82) is 0 Å². The monoisotopic (exact) mass is 383 g/mol. The Morgan fingerprint density at radius 1 is 1.11 bits per heavy atom. The van der Waals surface area contributed by atoms with Gasteiger partial charge in [0.2, 0.25) is 10.0 Å². The van der Waals surface area contributed by atoms with Crippen LogP contribution in [0.3, 0.4) is 0 Å². The summed E-state index contributed by atoms with van der Waals surface area (Å²) in [5.41, 5.74) is 4.50. The zero-order valence-corrected chi connectivity index (χ0v) is 15.5. The Bertz CT molecular complexity index is 1130. The molecular formula is C18H17N5O3S. The van der Waals surface area contributed by atoms with Crippen LogP contribution in [0.15, 0.2) is 64.7 Å². The molecule has 0 atom stereocenters. The number of nitrogens with zero attached hydrogens (tertiary/aromatic N) is 4. The topological polar surface area (TPSA) is 105 Å². The number of carbonyl (C=O) groups excluding carboxylic acids is 1. The number of hydrogen-bond acceptors (Lipinski definition) is 6. The molecule has 3 aromatic rings. The first-order chi connectivity index (χ1) is 12.9. The lowest BCUT2D eigenvalue weighted by atomic mass is 10.2. The molecular weight excluding hydrogens is 366 g/mol. The molecule has 0 aliphatic heterocycles. The second-order valence-electron chi connectivity index (χ2n) is 5.80. The van der Waals surface area contributed by atoms with E-state index in [0.717, 1.165) is 15.3 Å². The summed E-state index contributed by atoms with van der Waals surface area (Å²) in [4.78, 5) is 20.9. The molecule has 2 aromatic carbocycles. The van der Waals surface area contributed by atoms with Crippen LogP contribution in [0.1, 0.15) is 16.1 Å². The molecule has 0 radical (unpaired) electrons. The van der Waals surface area contributed by atoms with Crippen molar-refractivity contribution in [1.82, 2.24) is 19.7 Å². The minimum absolute atomic E-state index is 0.0320. The fraction of sp³-hybridized carbons (Fsp3) is 0.111. The summed E-state index contributed by atoms with van der Waals surface area (Å²) >= 11 is 0. The molecule has 0 saturated heterocycles. The van der Waals surface area contributed by atoms with E-state index in [1.54, 1.807) is 6.20 Å². The van der Waals surface area contributed by atoms with Gasteiger partial charge in [-0.2, -0.15) is 5.10 Å². The highest BCUT2D eigenvalue weighted by Gasteiger charge is 2.18. The van der Waals surface area contributed by atoms with Gasteiger partial charge in [0.1, 0.15) is 5.69 Å². The maximum Gasteiger partial charge on any atom is 0.271 e. The van der Waals surface area contributed by atoms with Crippen LogP contribution in [0.2, 0.25) is 0 Å². The van der Waals surface area contributed by atoms with Crippen LogP contribution in [0, 0.1) is 0 Å². The van der Waals surface area contributed by atoms with E-state index in [-0.39, 0.29) is 10.5 Å². The molecule has 1 N–H and O–H groups in total. The first kappa shape index (κ1) is 18.6. The number of rotatable bonds is 5. The molecule has 138 valence electrons. The van der Waals surface area contributed by atoms with Crippen molar-refractivity contribution >= 4 is 33.2 Å². The van der Waals surface area contributed by atoms with E-state index in [4.69, 9.17) is 0 Å². The number of benzene rings is 2. The summed E-state index contributed by atoms with van der Waals surface area (Å²) < 4.78 is 25.4. The van der Waals surface area contributed by atoms with Crippen LogP contribution in [-0.2, 0) is 10.0 Å². The highest BCUT2D eigenvalue weighted by Crippen LogP contribution is 2.15. The number of amides is 1. The van der Waals surface area contributed by atoms with Crippen LogP contribution in [-0.4, -0.2) is 48.9 Å². The normalized spacial score (nSPS) is 12.0. The predicted molar refractivity (Wildman–Crippen MR) is 102 cm³/mol. The molecule has 1 amide bonds. The first-order valence-electron chi connectivity index (χ1n) is 7.96. The summed E-state index contributed by atoms with van der Waals surface area (Å²) in [6.07, 6.45) is 2.92. The molecule has 0 aliphatic carbocycles. The fourth-order valence-electron chi connectivity index (χ4n) is 2.26. The second-order valence-corrected chi connectivity index (χ2v) is 7.95. The van der Waals surface area contributed by atoms with Crippen LogP contribution in [0.4, 0.5) is 0 Å². The quantitative estimate of drug-likeness (QED) is 0.533. The average molecular weight is 383 g/mol. The average Bonchev–Trinajstić information content (AvgIpc) is 2.67. The number of carbonyl (C=O) groups is 1. The molecule has 8 nitrogen and oxygen atoms in total. The highest BCUT2D eigenvalue weighted by atomic mass is 32.2. The van der Waals surface area contributed by atoms with Crippen molar-refractivity contribution < 1.29 is 13.2 Å². The van der Waals surface area contributed by atoms with E-state index in [2.05, 4.69) is 20.5 Å². The molecule has 27 heavy (non-hydrogen) atoms. The molecule has 1 heterocycles. The Kier molecular flexibility index (Phi) is 5.24.